The number of sulfone groups is 1. The second-order valence-corrected chi connectivity index (χ2v) is 6.66. The van der Waals surface area contributed by atoms with Gasteiger partial charge < -0.3 is 0 Å². The van der Waals surface area contributed by atoms with Crippen LogP contribution in [0.15, 0.2) is 29.2 Å². The van der Waals surface area contributed by atoms with Crippen molar-refractivity contribution in [3.8, 4) is 0 Å². The van der Waals surface area contributed by atoms with E-state index >= 15 is 0 Å². The summed E-state index contributed by atoms with van der Waals surface area (Å²) in [5, 5.41) is 0. The van der Waals surface area contributed by atoms with Crippen molar-refractivity contribution in [1.82, 2.24) is 0 Å². The average Bonchev–Trinajstić information content (AvgIpc) is 2.80. The van der Waals surface area contributed by atoms with Gasteiger partial charge in [-0.1, -0.05) is 25.0 Å². The van der Waals surface area contributed by atoms with Crippen LogP contribution in [0.1, 0.15) is 36.0 Å². The van der Waals surface area contributed by atoms with Crippen LogP contribution in [-0.4, -0.2) is 20.5 Å². The maximum atomic E-state index is 12.1. The monoisotopic (exact) mass is 252 g/mol. The molecule has 0 radical (unpaired) electrons. The Morgan fingerprint density at radius 2 is 1.65 bits per heavy atom. The topological polar surface area (TPSA) is 51.2 Å². The molecule has 1 saturated carbocycles. The SMILES string of the molecule is CS(=O)(=O)c1ccc(C(=O)C2CCCC2)cc1. The first-order valence-corrected chi connectivity index (χ1v) is 7.72. The number of carbonyl (C=O) groups excluding carboxylic acids is 1. The van der Waals surface area contributed by atoms with Gasteiger partial charge in [-0.3, -0.25) is 4.79 Å². The highest BCUT2D eigenvalue weighted by molar-refractivity contribution is 7.90. The number of hydrogen-bond acceptors (Lipinski definition) is 3. The molecule has 1 aromatic rings. The Labute approximate surface area is 102 Å². The maximum absolute atomic E-state index is 12.1. The smallest absolute Gasteiger partial charge is 0.175 e. The highest BCUT2D eigenvalue weighted by Crippen LogP contribution is 2.28. The third kappa shape index (κ3) is 2.75. The number of benzene rings is 1. The van der Waals surface area contributed by atoms with Gasteiger partial charge in [0.15, 0.2) is 15.6 Å². The molecule has 0 aromatic heterocycles. The largest absolute Gasteiger partial charge is 0.294 e. The van der Waals surface area contributed by atoms with E-state index in [4.69, 9.17) is 0 Å². The van der Waals surface area contributed by atoms with Gasteiger partial charge >= 0.3 is 0 Å². The third-order valence-electron chi connectivity index (χ3n) is 3.29. The molecule has 17 heavy (non-hydrogen) atoms. The number of rotatable bonds is 3. The molecule has 2 rings (SSSR count). The normalized spacial score (nSPS) is 17.2. The molecule has 0 spiro atoms. The minimum atomic E-state index is -3.18. The lowest BCUT2D eigenvalue weighted by molar-refractivity contribution is 0.0923. The van der Waals surface area contributed by atoms with Crippen LogP contribution in [0, 0.1) is 5.92 Å². The Morgan fingerprint density at radius 3 is 2.12 bits per heavy atom. The van der Waals surface area contributed by atoms with Crippen LogP contribution in [0.5, 0.6) is 0 Å². The van der Waals surface area contributed by atoms with Gasteiger partial charge in [0.1, 0.15) is 0 Å². The zero-order chi connectivity index (χ0) is 12.5. The molecule has 1 aliphatic carbocycles. The summed E-state index contributed by atoms with van der Waals surface area (Å²) >= 11 is 0. The van der Waals surface area contributed by atoms with Crippen LogP contribution in [-0.2, 0) is 9.84 Å². The lowest BCUT2D eigenvalue weighted by Crippen LogP contribution is -2.11. The Morgan fingerprint density at radius 1 is 1.12 bits per heavy atom. The molecule has 0 saturated heterocycles. The molecule has 4 heteroatoms. The van der Waals surface area contributed by atoms with Crippen LogP contribution in [0.4, 0.5) is 0 Å². The van der Waals surface area contributed by atoms with Gasteiger partial charge in [0.05, 0.1) is 4.90 Å². The first-order chi connectivity index (χ1) is 7.98. The van der Waals surface area contributed by atoms with Crippen molar-refractivity contribution in [2.75, 3.05) is 6.26 Å². The average molecular weight is 252 g/mol. The van der Waals surface area contributed by atoms with Crippen molar-refractivity contribution in [2.24, 2.45) is 5.92 Å². The summed E-state index contributed by atoms with van der Waals surface area (Å²) in [6.45, 7) is 0. The van der Waals surface area contributed by atoms with Crippen molar-refractivity contribution >= 4 is 15.6 Å². The van der Waals surface area contributed by atoms with E-state index in [9.17, 15) is 13.2 Å². The Bertz CT molecular complexity index is 508. The Kier molecular flexibility index (Phi) is 3.33. The zero-order valence-electron chi connectivity index (χ0n) is 9.85. The Hall–Kier alpha value is -1.16. The van der Waals surface area contributed by atoms with Crippen molar-refractivity contribution in [3.63, 3.8) is 0 Å². The third-order valence-corrected chi connectivity index (χ3v) is 4.42. The van der Waals surface area contributed by atoms with E-state index in [1.54, 1.807) is 12.1 Å². The number of carbonyl (C=O) groups is 1. The van der Waals surface area contributed by atoms with Crippen molar-refractivity contribution in [2.45, 2.75) is 30.6 Å². The highest BCUT2D eigenvalue weighted by atomic mass is 32.2. The molecule has 0 unspecified atom stereocenters. The van der Waals surface area contributed by atoms with E-state index in [1.165, 1.54) is 18.4 Å². The van der Waals surface area contributed by atoms with Crippen LogP contribution >= 0.6 is 0 Å². The molecule has 1 fully saturated rings. The summed E-state index contributed by atoms with van der Waals surface area (Å²) in [5.74, 6) is 0.293. The number of hydrogen-bond donors (Lipinski definition) is 0. The van der Waals surface area contributed by atoms with Crippen LogP contribution in [0.2, 0.25) is 0 Å². The molecule has 3 nitrogen and oxygen atoms in total. The predicted molar refractivity (Wildman–Crippen MR) is 65.8 cm³/mol. The molecule has 92 valence electrons. The van der Waals surface area contributed by atoms with E-state index < -0.39 is 9.84 Å². The van der Waals surface area contributed by atoms with E-state index in [0.717, 1.165) is 25.7 Å². The van der Waals surface area contributed by atoms with E-state index in [1.807, 2.05) is 0 Å². The summed E-state index contributed by atoms with van der Waals surface area (Å²) in [4.78, 5) is 12.3. The van der Waals surface area contributed by atoms with Gasteiger partial charge in [-0.25, -0.2) is 8.42 Å². The molecule has 0 N–H and O–H groups in total. The Balaban J connectivity index is 2.20. The minimum Gasteiger partial charge on any atom is -0.294 e. The quantitative estimate of drug-likeness (QED) is 0.776. The summed E-state index contributed by atoms with van der Waals surface area (Å²) in [5.41, 5.74) is 0.629. The summed E-state index contributed by atoms with van der Waals surface area (Å²) in [7, 11) is -3.18. The van der Waals surface area contributed by atoms with Crippen LogP contribution in [0.25, 0.3) is 0 Å². The summed E-state index contributed by atoms with van der Waals surface area (Å²) in [6, 6.07) is 6.27. The molecule has 0 bridgehead atoms. The second kappa shape index (κ2) is 4.61. The van der Waals surface area contributed by atoms with E-state index in [0.29, 0.717) is 5.56 Å². The van der Waals surface area contributed by atoms with Gasteiger partial charge in [0.25, 0.3) is 0 Å². The molecule has 0 amide bonds. The van der Waals surface area contributed by atoms with Crippen molar-refractivity contribution in [1.29, 1.82) is 0 Å². The standard InChI is InChI=1S/C13H16O3S/c1-17(15,16)12-8-6-11(7-9-12)13(14)10-4-2-3-5-10/h6-10H,2-5H2,1H3. The predicted octanol–water partition coefficient (Wildman–Crippen LogP) is 2.46. The number of ketones is 1. The molecular weight excluding hydrogens is 236 g/mol. The lowest BCUT2D eigenvalue weighted by Gasteiger charge is -2.08. The van der Waals surface area contributed by atoms with Gasteiger partial charge in [-0.15, -0.1) is 0 Å². The summed E-state index contributed by atoms with van der Waals surface area (Å²) in [6.07, 6.45) is 5.34. The first kappa shape index (κ1) is 12.3. The van der Waals surface area contributed by atoms with Gasteiger partial charge in [-0.05, 0) is 25.0 Å². The molecule has 0 heterocycles. The summed E-state index contributed by atoms with van der Waals surface area (Å²) < 4.78 is 22.6. The number of Topliss-reactive ketones (excluding diaryl/α,β-unsaturated/α-hetero) is 1. The minimum absolute atomic E-state index is 0.138. The van der Waals surface area contributed by atoms with Crippen LogP contribution in [0.3, 0.4) is 0 Å². The fourth-order valence-corrected chi connectivity index (χ4v) is 2.92. The molecule has 1 aliphatic rings. The van der Waals surface area contributed by atoms with Gasteiger partial charge in [0.2, 0.25) is 0 Å². The molecule has 0 atom stereocenters. The molecular formula is C13H16O3S. The molecule has 0 aliphatic heterocycles. The first-order valence-electron chi connectivity index (χ1n) is 5.83. The fraction of sp³-hybridized carbons (Fsp3) is 0.462. The van der Waals surface area contributed by atoms with Crippen molar-refractivity contribution in [3.05, 3.63) is 29.8 Å². The van der Waals surface area contributed by atoms with E-state index in [-0.39, 0.29) is 16.6 Å². The van der Waals surface area contributed by atoms with Crippen LogP contribution < -0.4 is 0 Å². The highest BCUT2D eigenvalue weighted by Gasteiger charge is 2.23. The maximum Gasteiger partial charge on any atom is 0.175 e. The fourth-order valence-electron chi connectivity index (χ4n) is 2.29. The second-order valence-electron chi connectivity index (χ2n) is 4.64. The van der Waals surface area contributed by atoms with Gasteiger partial charge in [0, 0.05) is 17.7 Å². The van der Waals surface area contributed by atoms with Gasteiger partial charge in [-0.2, -0.15) is 0 Å². The van der Waals surface area contributed by atoms with Crippen molar-refractivity contribution < 1.29 is 13.2 Å². The lowest BCUT2D eigenvalue weighted by atomic mass is 9.96. The van der Waals surface area contributed by atoms with E-state index in [2.05, 4.69) is 0 Å². The molecule has 1 aromatic carbocycles. The zero-order valence-corrected chi connectivity index (χ0v) is 10.7.